The number of rotatable bonds is 4. The smallest absolute Gasteiger partial charge is 0.243 e. The van der Waals surface area contributed by atoms with Crippen molar-refractivity contribution >= 4 is 28.9 Å². The second kappa shape index (κ2) is 6.60. The van der Waals surface area contributed by atoms with Crippen molar-refractivity contribution in [2.24, 2.45) is 0 Å². The van der Waals surface area contributed by atoms with Crippen molar-refractivity contribution in [1.82, 2.24) is 0 Å². The normalized spacial score (nSPS) is 9.60. The third-order valence-electron chi connectivity index (χ3n) is 2.60. The Balaban J connectivity index is 1.92. The van der Waals surface area contributed by atoms with Crippen LogP contribution in [0.5, 0.6) is 0 Å². The van der Waals surface area contributed by atoms with Gasteiger partial charge in [-0.1, -0.05) is 29.8 Å². The number of hydrogen-bond donors (Lipinski definition) is 2. The van der Waals surface area contributed by atoms with Crippen LogP contribution in [-0.4, -0.2) is 12.5 Å². The largest absolute Gasteiger partial charge is 0.375 e. The van der Waals surface area contributed by atoms with Gasteiger partial charge in [0.1, 0.15) is 0 Å². The fourth-order valence-corrected chi connectivity index (χ4v) is 1.88. The minimum atomic E-state index is -0.170. The summed E-state index contributed by atoms with van der Waals surface area (Å²) in [6.45, 7) is 0.0977. The lowest BCUT2D eigenvalue weighted by atomic mass is 10.2. The Morgan fingerprint density at radius 3 is 2.60 bits per heavy atom. The van der Waals surface area contributed by atoms with Crippen LogP contribution < -0.4 is 10.6 Å². The van der Waals surface area contributed by atoms with Gasteiger partial charge in [0.2, 0.25) is 5.91 Å². The molecule has 2 aromatic carbocycles. The number of anilines is 2. The van der Waals surface area contributed by atoms with Crippen molar-refractivity contribution in [1.29, 1.82) is 5.26 Å². The number of nitrogens with one attached hydrogen (secondary N) is 2. The van der Waals surface area contributed by atoms with Crippen LogP contribution in [0, 0.1) is 11.3 Å². The zero-order valence-corrected chi connectivity index (χ0v) is 11.3. The maximum absolute atomic E-state index is 11.8. The highest BCUT2D eigenvalue weighted by molar-refractivity contribution is 6.33. The van der Waals surface area contributed by atoms with Crippen molar-refractivity contribution in [2.75, 3.05) is 17.2 Å². The summed E-state index contributed by atoms with van der Waals surface area (Å²) in [6.07, 6.45) is 0. The molecule has 5 heteroatoms. The molecule has 0 spiro atoms. The Labute approximate surface area is 122 Å². The highest BCUT2D eigenvalue weighted by Gasteiger charge is 2.05. The maximum atomic E-state index is 11.8. The first kappa shape index (κ1) is 13.9. The third-order valence-corrected chi connectivity index (χ3v) is 2.91. The highest BCUT2D eigenvalue weighted by Crippen LogP contribution is 2.22. The van der Waals surface area contributed by atoms with Crippen molar-refractivity contribution in [2.45, 2.75) is 0 Å². The quantitative estimate of drug-likeness (QED) is 0.906. The van der Waals surface area contributed by atoms with Crippen molar-refractivity contribution in [3.63, 3.8) is 0 Å². The van der Waals surface area contributed by atoms with Gasteiger partial charge in [0.05, 0.1) is 28.9 Å². The van der Waals surface area contributed by atoms with E-state index >= 15 is 0 Å². The van der Waals surface area contributed by atoms with Gasteiger partial charge in [-0.05, 0) is 30.3 Å². The SMILES string of the molecule is N#Cc1ccc(NCC(=O)Nc2ccccc2)c(Cl)c1. The lowest BCUT2D eigenvalue weighted by Crippen LogP contribution is -2.21. The van der Waals surface area contributed by atoms with Gasteiger partial charge in [-0.2, -0.15) is 5.26 Å². The molecule has 0 saturated carbocycles. The molecule has 0 aliphatic carbocycles. The molecule has 2 N–H and O–H groups in total. The average Bonchev–Trinajstić information content (AvgIpc) is 2.47. The van der Waals surface area contributed by atoms with Crippen LogP contribution in [0.2, 0.25) is 5.02 Å². The Hall–Kier alpha value is -2.51. The molecule has 0 atom stereocenters. The fourth-order valence-electron chi connectivity index (χ4n) is 1.63. The van der Waals surface area contributed by atoms with Crippen LogP contribution in [0.1, 0.15) is 5.56 Å². The Kier molecular flexibility index (Phi) is 4.59. The predicted molar refractivity (Wildman–Crippen MR) is 79.7 cm³/mol. The predicted octanol–water partition coefficient (Wildman–Crippen LogP) is 3.26. The molecule has 0 bridgehead atoms. The second-order valence-electron chi connectivity index (χ2n) is 4.07. The van der Waals surface area contributed by atoms with E-state index in [0.29, 0.717) is 16.3 Å². The molecule has 0 heterocycles. The average molecular weight is 286 g/mol. The number of carbonyl (C=O) groups excluding carboxylic acids is 1. The van der Waals surface area contributed by atoms with Crippen LogP contribution in [0.15, 0.2) is 48.5 Å². The molecule has 4 nitrogen and oxygen atoms in total. The minimum absolute atomic E-state index is 0.0977. The van der Waals surface area contributed by atoms with Crippen LogP contribution in [0.4, 0.5) is 11.4 Å². The molecule has 0 aromatic heterocycles. The van der Waals surface area contributed by atoms with Gasteiger partial charge in [-0.15, -0.1) is 0 Å². The second-order valence-corrected chi connectivity index (χ2v) is 4.48. The summed E-state index contributed by atoms with van der Waals surface area (Å²) in [5.41, 5.74) is 1.84. The lowest BCUT2D eigenvalue weighted by Gasteiger charge is -2.09. The number of nitriles is 1. The van der Waals surface area contributed by atoms with Crippen molar-refractivity contribution < 1.29 is 4.79 Å². The molecule has 20 heavy (non-hydrogen) atoms. The van der Waals surface area contributed by atoms with Gasteiger partial charge in [0, 0.05) is 5.69 Å². The van der Waals surface area contributed by atoms with Gasteiger partial charge in [0.25, 0.3) is 0 Å². The van der Waals surface area contributed by atoms with Gasteiger partial charge in [0.15, 0.2) is 0 Å². The number of amides is 1. The number of benzene rings is 2. The molecule has 0 radical (unpaired) electrons. The third kappa shape index (κ3) is 3.74. The van der Waals surface area contributed by atoms with Gasteiger partial charge < -0.3 is 10.6 Å². The Bertz CT molecular complexity index is 650. The standard InChI is InChI=1S/C15H12ClN3O/c16-13-8-11(9-17)6-7-14(13)18-10-15(20)19-12-4-2-1-3-5-12/h1-8,18H,10H2,(H,19,20). The van der Waals surface area contributed by atoms with Crippen LogP contribution >= 0.6 is 11.6 Å². The van der Waals surface area contributed by atoms with E-state index in [1.54, 1.807) is 18.2 Å². The minimum Gasteiger partial charge on any atom is -0.375 e. The lowest BCUT2D eigenvalue weighted by molar-refractivity contribution is -0.114. The molecule has 0 saturated heterocycles. The summed E-state index contributed by atoms with van der Waals surface area (Å²) in [7, 11) is 0. The number of nitrogens with zero attached hydrogens (tertiary/aromatic N) is 1. The van der Waals surface area contributed by atoms with Crippen LogP contribution in [0.25, 0.3) is 0 Å². The van der Waals surface area contributed by atoms with Crippen molar-refractivity contribution in [3.8, 4) is 6.07 Å². The van der Waals surface area contributed by atoms with Crippen LogP contribution in [-0.2, 0) is 4.79 Å². The van der Waals surface area contributed by atoms with E-state index in [4.69, 9.17) is 16.9 Å². The van der Waals surface area contributed by atoms with Crippen molar-refractivity contribution in [3.05, 3.63) is 59.1 Å². The molecule has 0 aliphatic heterocycles. The first-order valence-electron chi connectivity index (χ1n) is 5.97. The molecule has 0 fully saturated rings. The molecular formula is C15H12ClN3O. The van der Waals surface area contributed by atoms with Gasteiger partial charge in [-0.3, -0.25) is 4.79 Å². The molecular weight excluding hydrogens is 274 g/mol. The summed E-state index contributed by atoms with van der Waals surface area (Å²) < 4.78 is 0. The van der Waals surface area contributed by atoms with Crippen LogP contribution in [0.3, 0.4) is 0 Å². The first-order valence-corrected chi connectivity index (χ1v) is 6.35. The Morgan fingerprint density at radius 2 is 1.95 bits per heavy atom. The fraction of sp³-hybridized carbons (Fsp3) is 0.0667. The molecule has 1 amide bonds. The summed E-state index contributed by atoms with van der Waals surface area (Å²) >= 11 is 6.01. The van der Waals surface area contributed by atoms with E-state index in [0.717, 1.165) is 5.69 Å². The van der Waals surface area contributed by atoms with E-state index in [9.17, 15) is 4.79 Å². The van der Waals surface area contributed by atoms with Gasteiger partial charge in [-0.25, -0.2) is 0 Å². The zero-order chi connectivity index (χ0) is 14.4. The van der Waals surface area contributed by atoms with E-state index < -0.39 is 0 Å². The van der Waals surface area contributed by atoms with Gasteiger partial charge >= 0.3 is 0 Å². The highest BCUT2D eigenvalue weighted by atomic mass is 35.5. The molecule has 0 unspecified atom stereocenters. The molecule has 2 rings (SSSR count). The number of hydrogen-bond acceptors (Lipinski definition) is 3. The monoisotopic (exact) mass is 285 g/mol. The summed E-state index contributed by atoms with van der Waals surface area (Å²) in [4.78, 5) is 11.8. The molecule has 0 aliphatic rings. The van der Waals surface area contributed by atoms with E-state index in [2.05, 4.69) is 10.6 Å². The summed E-state index contributed by atoms with van der Waals surface area (Å²) in [5.74, 6) is -0.170. The number of halogens is 1. The maximum Gasteiger partial charge on any atom is 0.243 e. The van der Waals surface area contributed by atoms with E-state index in [1.165, 1.54) is 0 Å². The zero-order valence-electron chi connectivity index (χ0n) is 10.6. The topological polar surface area (TPSA) is 64.9 Å². The number of para-hydroxylation sites is 1. The Morgan fingerprint density at radius 1 is 1.20 bits per heavy atom. The number of carbonyl (C=O) groups is 1. The van der Waals surface area contributed by atoms with E-state index in [-0.39, 0.29) is 12.5 Å². The summed E-state index contributed by atoms with van der Waals surface area (Å²) in [6, 6.07) is 16.1. The molecule has 100 valence electrons. The summed E-state index contributed by atoms with van der Waals surface area (Å²) in [5, 5.41) is 14.8. The first-order chi connectivity index (χ1) is 9.69. The molecule has 2 aromatic rings. The van der Waals surface area contributed by atoms with E-state index in [1.807, 2.05) is 36.4 Å².